The molecule has 1 unspecified atom stereocenters. The minimum Gasteiger partial charge on any atom is -0.489 e. The smallest absolute Gasteiger partial charge is 0.329 e. The van der Waals surface area contributed by atoms with Crippen LogP contribution in [0.5, 0.6) is 5.75 Å². The van der Waals surface area contributed by atoms with Crippen molar-refractivity contribution in [3.63, 3.8) is 0 Å². The fraction of sp³-hybridized carbons (Fsp3) is 0.259. The molecule has 1 atom stereocenters. The van der Waals surface area contributed by atoms with Crippen molar-refractivity contribution in [2.75, 3.05) is 13.7 Å². The first-order chi connectivity index (χ1) is 15.6. The summed E-state index contributed by atoms with van der Waals surface area (Å²) in [7, 11) is 1.66. The number of likely N-dealkylation sites (N-methyl/N-ethyl adjacent to an activating group) is 1. The van der Waals surface area contributed by atoms with Gasteiger partial charge in [0.1, 0.15) is 18.4 Å². The van der Waals surface area contributed by atoms with E-state index in [2.05, 4.69) is 0 Å². The van der Waals surface area contributed by atoms with E-state index in [4.69, 9.17) is 9.47 Å². The van der Waals surface area contributed by atoms with Crippen LogP contribution in [0, 0.1) is 0 Å². The van der Waals surface area contributed by atoms with Crippen LogP contribution in [0.15, 0.2) is 84.9 Å². The van der Waals surface area contributed by atoms with Crippen LogP contribution in [0.4, 0.5) is 0 Å². The lowest BCUT2D eigenvalue weighted by Crippen LogP contribution is -2.45. The zero-order valence-electron chi connectivity index (χ0n) is 18.6. The van der Waals surface area contributed by atoms with Crippen LogP contribution in [0.25, 0.3) is 0 Å². The number of nitrogens with zero attached hydrogens (tertiary/aromatic N) is 1. The Morgan fingerprint density at radius 3 is 2.00 bits per heavy atom. The highest BCUT2D eigenvalue weighted by molar-refractivity contribution is 5.85. The summed E-state index contributed by atoms with van der Waals surface area (Å²) in [5.41, 5.74) is 2.93. The Bertz CT molecular complexity index is 987. The Morgan fingerprint density at radius 2 is 1.41 bits per heavy atom. The molecule has 0 radical (unpaired) electrons. The normalized spacial score (nSPS) is 11.4. The average Bonchev–Trinajstić information content (AvgIpc) is 2.83. The molecule has 0 saturated heterocycles. The number of ether oxygens (including phenoxy) is 2. The van der Waals surface area contributed by atoms with E-state index in [0.29, 0.717) is 13.0 Å². The molecule has 0 heterocycles. The standard InChI is InChI=1S/C27H29NO4/c1-3-31-27(30)25(18-21-10-6-4-7-11-21)28(2)26(29)19-22-14-16-24(17-15-22)32-20-23-12-8-5-9-13-23/h4-17,25H,3,18-20H2,1-2H3. The van der Waals surface area contributed by atoms with Gasteiger partial charge in [0.05, 0.1) is 13.0 Å². The van der Waals surface area contributed by atoms with Crippen molar-refractivity contribution in [3.8, 4) is 5.75 Å². The molecule has 0 aromatic heterocycles. The minimum absolute atomic E-state index is 0.142. The second kappa shape index (κ2) is 11.7. The third kappa shape index (κ3) is 6.71. The van der Waals surface area contributed by atoms with E-state index < -0.39 is 12.0 Å². The van der Waals surface area contributed by atoms with Crippen LogP contribution < -0.4 is 4.74 Å². The predicted octanol–water partition coefficient (Wildman–Crippen LogP) is 4.44. The lowest BCUT2D eigenvalue weighted by Gasteiger charge is -2.27. The summed E-state index contributed by atoms with van der Waals surface area (Å²) >= 11 is 0. The molecule has 0 spiro atoms. The van der Waals surface area contributed by atoms with Crippen LogP contribution >= 0.6 is 0 Å². The first kappa shape index (κ1) is 23.1. The van der Waals surface area contributed by atoms with Gasteiger partial charge in [-0.15, -0.1) is 0 Å². The van der Waals surface area contributed by atoms with Crippen molar-refractivity contribution >= 4 is 11.9 Å². The molecular weight excluding hydrogens is 402 g/mol. The second-order valence-electron chi connectivity index (χ2n) is 7.56. The molecule has 3 rings (SSSR count). The molecule has 32 heavy (non-hydrogen) atoms. The molecule has 0 aliphatic carbocycles. The van der Waals surface area contributed by atoms with E-state index >= 15 is 0 Å². The number of amides is 1. The predicted molar refractivity (Wildman–Crippen MR) is 124 cm³/mol. The highest BCUT2D eigenvalue weighted by atomic mass is 16.5. The van der Waals surface area contributed by atoms with Crippen molar-refractivity contribution in [3.05, 3.63) is 102 Å². The molecule has 0 saturated carbocycles. The van der Waals surface area contributed by atoms with Crippen molar-refractivity contribution in [2.24, 2.45) is 0 Å². The van der Waals surface area contributed by atoms with E-state index in [9.17, 15) is 9.59 Å². The molecule has 0 bridgehead atoms. The van der Waals surface area contributed by atoms with Gasteiger partial charge in [-0.2, -0.15) is 0 Å². The van der Waals surface area contributed by atoms with Crippen molar-refractivity contribution < 1.29 is 19.1 Å². The van der Waals surface area contributed by atoms with Gasteiger partial charge in [0.15, 0.2) is 0 Å². The minimum atomic E-state index is -0.668. The van der Waals surface area contributed by atoms with Crippen molar-refractivity contribution in [2.45, 2.75) is 32.4 Å². The summed E-state index contributed by atoms with van der Waals surface area (Å²) in [5, 5.41) is 0. The topological polar surface area (TPSA) is 55.8 Å². The molecule has 0 aliphatic heterocycles. The van der Waals surface area contributed by atoms with Crippen molar-refractivity contribution in [1.82, 2.24) is 4.90 Å². The second-order valence-corrected chi connectivity index (χ2v) is 7.56. The van der Waals surface area contributed by atoms with Crippen LogP contribution in [0.2, 0.25) is 0 Å². The van der Waals surface area contributed by atoms with E-state index in [1.165, 1.54) is 4.90 Å². The van der Waals surface area contributed by atoms with Crippen LogP contribution in [-0.2, 0) is 33.8 Å². The zero-order chi connectivity index (χ0) is 22.8. The molecular formula is C27H29NO4. The summed E-state index contributed by atoms with van der Waals surface area (Å²) in [5.74, 6) is 0.209. The van der Waals surface area contributed by atoms with Gasteiger partial charge in [-0.1, -0.05) is 72.8 Å². The maximum absolute atomic E-state index is 12.9. The molecule has 5 heteroatoms. The maximum Gasteiger partial charge on any atom is 0.329 e. The SMILES string of the molecule is CCOC(=O)C(Cc1ccccc1)N(C)C(=O)Cc1ccc(OCc2ccccc2)cc1. The van der Waals surface area contributed by atoms with Gasteiger partial charge in [-0.25, -0.2) is 4.79 Å². The van der Waals surface area contributed by atoms with E-state index in [-0.39, 0.29) is 18.9 Å². The molecule has 5 nitrogen and oxygen atoms in total. The van der Waals surface area contributed by atoms with E-state index in [0.717, 1.165) is 22.4 Å². The maximum atomic E-state index is 12.9. The van der Waals surface area contributed by atoms with Gasteiger partial charge in [0, 0.05) is 13.5 Å². The lowest BCUT2D eigenvalue weighted by atomic mass is 10.0. The Balaban J connectivity index is 1.61. The van der Waals surface area contributed by atoms with Crippen LogP contribution in [0.3, 0.4) is 0 Å². The molecule has 0 aliphatic rings. The fourth-order valence-electron chi connectivity index (χ4n) is 3.37. The monoisotopic (exact) mass is 431 g/mol. The highest BCUT2D eigenvalue weighted by Crippen LogP contribution is 2.16. The zero-order valence-corrected chi connectivity index (χ0v) is 18.6. The first-order valence-corrected chi connectivity index (χ1v) is 10.8. The van der Waals surface area contributed by atoms with Crippen LogP contribution in [-0.4, -0.2) is 36.5 Å². The van der Waals surface area contributed by atoms with Gasteiger partial charge < -0.3 is 14.4 Å². The van der Waals surface area contributed by atoms with Gasteiger partial charge in [0.25, 0.3) is 0 Å². The van der Waals surface area contributed by atoms with E-state index in [1.807, 2.05) is 84.9 Å². The quantitative estimate of drug-likeness (QED) is 0.445. The largest absolute Gasteiger partial charge is 0.489 e. The van der Waals surface area contributed by atoms with Crippen molar-refractivity contribution in [1.29, 1.82) is 0 Å². The average molecular weight is 432 g/mol. The molecule has 1 amide bonds. The number of hydrogen-bond donors (Lipinski definition) is 0. The number of benzene rings is 3. The number of carbonyl (C=O) groups is 2. The summed E-state index contributed by atoms with van der Waals surface area (Å²) in [6, 6.07) is 26.4. The first-order valence-electron chi connectivity index (χ1n) is 10.8. The summed E-state index contributed by atoms with van der Waals surface area (Å²) in [6.45, 7) is 2.53. The highest BCUT2D eigenvalue weighted by Gasteiger charge is 2.28. The molecule has 0 fully saturated rings. The van der Waals surface area contributed by atoms with E-state index in [1.54, 1.807) is 14.0 Å². The molecule has 0 N–H and O–H groups in total. The number of esters is 1. The molecule has 166 valence electrons. The Kier molecular flexibility index (Phi) is 8.44. The third-order valence-corrected chi connectivity index (χ3v) is 5.22. The Morgan fingerprint density at radius 1 is 0.812 bits per heavy atom. The van der Waals surface area contributed by atoms with Crippen LogP contribution in [0.1, 0.15) is 23.6 Å². The van der Waals surface area contributed by atoms with Gasteiger partial charge in [-0.05, 0) is 35.7 Å². The Hall–Kier alpha value is -3.60. The summed E-state index contributed by atoms with van der Waals surface area (Å²) in [6.07, 6.45) is 0.605. The number of rotatable bonds is 10. The van der Waals surface area contributed by atoms with Gasteiger partial charge in [-0.3, -0.25) is 4.79 Å². The fourth-order valence-corrected chi connectivity index (χ4v) is 3.37. The molecule has 3 aromatic carbocycles. The number of carbonyl (C=O) groups excluding carboxylic acids is 2. The van der Waals surface area contributed by atoms with Gasteiger partial charge in [0.2, 0.25) is 5.91 Å². The lowest BCUT2D eigenvalue weighted by molar-refractivity contribution is -0.153. The summed E-state index contributed by atoms with van der Waals surface area (Å²) < 4.78 is 11.0. The van der Waals surface area contributed by atoms with Gasteiger partial charge >= 0.3 is 5.97 Å². The summed E-state index contributed by atoms with van der Waals surface area (Å²) in [4.78, 5) is 27.0. The third-order valence-electron chi connectivity index (χ3n) is 5.22. The number of hydrogen-bond acceptors (Lipinski definition) is 4. The molecule has 3 aromatic rings. The Labute approximate surface area is 189 Å².